The molecule has 6 aromatic rings. The monoisotopic (exact) mass is 433 g/mol. The van der Waals surface area contributed by atoms with E-state index in [-0.39, 0.29) is 5.41 Å². The maximum absolute atomic E-state index is 5.88. The van der Waals surface area contributed by atoms with Gasteiger partial charge in [-0.15, -0.1) is 11.3 Å². The van der Waals surface area contributed by atoms with Crippen LogP contribution in [0.5, 0.6) is 0 Å². The molecule has 0 aliphatic rings. The van der Waals surface area contributed by atoms with Gasteiger partial charge in [0.15, 0.2) is 0 Å². The second kappa shape index (κ2) is 7.04. The number of thiophene rings is 1. The van der Waals surface area contributed by atoms with Crippen LogP contribution in [0, 0.1) is 0 Å². The van der Waals surface area contributed by atoms with E-state index >= 15 is 0 Å². The van der Waals surface area contributed by atoms with Crippen molar-refractivity contribution in [2.75, 3.05) is 0 Å². The molecule has 0 bridgehead atoms. The summed E-state index contributed by atoms with van der Waals surface area (Å²) >= 11 is 1.68. The van der Waals surface area contributed by atoms with Gasteiger partial charge in [0.1, 0.15) is 10.4 Å². The zero-order chi connectivity index (χ0) is 21.9. The summed E-state index contributed by atoms with van der Waals surface area (Å²) in [6.45, 7) is 6.83. The minimum atomic E-state index is 0.0340. The van der Waals surface area contributed by atoms with E-state index in [0.29, 0.717) is 0 Å². The number of aromatic nitrogens is 1. The zero-order valence-electron chi connectivity index (χ0n) is 18.3. The first kappa shape index (κ1) is 19.3. The second-order valence-corrected chi connectivity index (χ2v) is 10.2. The fourth-order valence-corrected chi connectivity index (χ4v) is 5.37. The van der Waals surface area contributed by atoms with E-state index in [4.69, 9.17) is 9.40 Å². The summed E-state index contributed by atoms with van der Waals surface area (Å²) in [6.07, 6.45) is 1.88. The molecule has 0 saturated heterocycles. The highest BCUT2D eigenvalue weighted by Gasteiger charge is 2.20. The van der Waals surface area contributed by atoms with Crippen LogP contribution in [-0.2, 0) is 5.41 Å². The SMILES string of the molecule is CC(C)(C)c1cc(-c2cc(-c3coc4ccccc34)c3ccsc3n2)cc2ccccc12. The number of hydrogen-bond acceptors (Lipinski definition) is 3. The van der Waals surface area contributed by atoms with E-state index in [1.165, 1.54) is 27.3 Å². The van der Waals surface area contributed by atoms with E-state index in [1.807, 2.05) is 18.4 Å². The molecular weight excluding hydrogens is 410 g/mol. The van der Waals surface area contributed by atoms with Crippen molar-refractivity contribution < 1.29 is 4.42 Å². The van der Waals surface area contributed by atoms with Crippen LogP contribution in [0.15, 0.2) is 88.9 Å². The van der Waals surface area contributed by atoms with Crippen molar-refractivity contribution in [3.8, 4) is 22.4 Å². The average molecular weight is 434 g/mol. The van der Waals surface area contributed by atoms with E-state index < -0.39 is 0 Å². The van der Waals surface area contributed by atoms with Crippen molar-refractivity contribution in [3.63, 3.8) is 0 Å². The molecule has 0 amide bonds. The summed E-state index contributed by atoms with van der Waals surface area (Å²) in [6, 6.07) is 25.8. The van der Waals surface area contributed by atoms with Crippen molar-refractivity contribution in [3.05, 3.63) is 90.0 Å². The van der Waals surface area contributed by atoms with Crippen LogP contribution < -0.4 is 0 Å². The van der Waals surface area contributed by atoms with Gasteiger partial charge in [0, 0.05) is 21.9 Å². The predicted octanol–water partition coefficient (Wildman–Crippen LogP) is 8.83. The molecule has 3 heteroatoms. The Morgan fingerprint density at radius 3 is 2.41 bits per heavy atom. The molecule has 0 N–H and O–H groups in total. The number of pyridine rings is 1. The molecule has 0 aliphatic carbocycles. The third kappa shape index (κ3) is 3.04. The number of para-hydroxylation sites is 1. The molecule has 32 heavy (non-hydrogen) atoms. The Hall–Kier alpha value is -3.43. The molecule has 0 radical (unpaired) electrons. The van der Waals surface area contributed by atoms with Gasteiger partial charge in [-0.1, -0.05) is 63.2 Å². The lowest BCUT2D eigenvalue weighted by atomic mass is 9.82. The first-order valence-electron chi connectivity index (χ1n) is 10.9. The maximum Gasteiger partial charge on any atom is 0.134 e. The lowest BCUT2D eigenvalue weighted by Crippen LogP contribution is -2.12. The molecule has 0 aliphatic heterocycles. The lowest BCUT2D eigenvalue weighted by Gasteiger charge is -2.23. The summed E-state index contributed by atoms with van der Waals surface area (Å²) in [4.78, 5) is 6.12. The highest BCUT2D eigenvalue weighted by atomic mass is 32.1. The number of hydrogen-bond donors (Lipinski definition) is 0. The van der Waals surface area contributed by atoms with Gasteiger partial charge >= 0.3 is 0 Å². The number of benzene rings is 3. The van der Waals surface area contributed by atoms with E-state index in [1.54, 1.807) is 11.3 Å². The van der Waals surface area contributed by atoms with Gasteiger partial charge in [0.05, 0.1) is 12.0 Å². The van der Waals surface area contributed by atoms with Crippen molar-refractivity contribution in [1.82, 2.24) is 4.98 Å². The fourth-order valence-electron chi connectivity index (χ4n) is 4.59. The molecule has 6 rings (SSSR count). The summed E-state index contributed by atoms with van der Waals surface area (Å²) in [5.41, 5.74) is 6.71. The van der Waals surface area contributed by atoms with Gasteiger partial charge in [-0.3, -0.25) is 0 Å². The minimum absolute atomic E-state index is 0.0340. The highest BCUT2D eigenvalue weighted by molar-refractivity contribution is 7.16. The Labute approximate surface area is 191 Å². The van der Waals surface area contributed by atoms with Gasteiger partial charge < -0.3 is 4.42 Å². The van der Waals surface area contributed by atoms with Crippen LogP contribution in [0.25, 0.3) is 54.3 Å². The van der Waals surface area contributed by atoms with Crippen LogP contribution in [-0.4, -0.2) is 4.98 Å². The van der Waals surface area contributed by atoms with E-state index in [9.17, 15) is 0 Å². The molecule has 0 unspecified atom stereocenters. The summed E-state index contributed by atoms with van der Waals surface area (Å²) < 4.78 is 5.88. The quantitative estimate of drug-likeness (QED) is 0.273. The Balaban J connectivity index is 1.64. The highest BCUT2D eigenvalue weighted by Crippen LogP contribution is 2.40. The van der Waals surface area contributed by atoms with E-state index in [0.717, 1.165) is 32.6 Å². The topological polar surface area (TPSA) is 26.0 Å². The smallest absolute Gasteiger partial charge is 0.134 e. The van der Waals surface area contributed by atoms with Crippen molar-refractivity contribution in [2.24, 2.45) is 0 Å². The summed E-state index contributed by atoms with van der Waals surface area (Å²) in [5, 5.41) is 6.97. The van der Waals surface area contributed by atoms with Gasteiger partial charge in [-0.25, -0.2) is 4.98 Å². The molecule has 0 saturated carbocycles. The molecule has 0 atom stereocenters. The molecule has 3 heterocycles. The van der Waals surface area contributed by atoms with Crippen LogP contribution in [0.2, 0.25) is 0 Å². The normalized spacial score (nSPS) is 12.2. The van der Waals surface area contributed by atoms with Crippen LogP contribution in [0.1, 0.15) is 26.3 Å². The molecular formula is C29H23NOS. The number of rotatable bonds is 2. The minimum Gasteiger partial charge on any atom is -0.464 e. The number of furan rings is 1. The van der Waals surface area contributed by atoms with Crippen molar-refractivity contribution >= 4 is 43.3 Å². The Morgan fingerprint density at radius 1 is 0.781 bits per heavy atom. The van der Waals surface area contributed by atoms with Gasteiger partial charge in [-0.2, -0.15) is 0 Å². The molecule has 0 spiro atoms. The summed E-state index contributed by atoms with van der Waals surface area (Å²) in [5.74, 6) is 0. The van der Waals surface area contributed by atoms with Gasteiger partial charge in [0.25, 0.3) is 0 Å². The maximum atomic E-state index is 5.88. The van der Waals surface area contributed by atoms with Crippen molar-refractivity contribution in [2.45, 2.75) is 26.2 Å². The molecule has 3 aromatic heterocycles. The van der Waals surface area contributed by atoms with Crippen LogP contribution in [0.3, 0.4) is 0 Å². The largest absolute Gasteiger partial charge is 0.464 e. The fraction of sp³-hybridized carbons (Fsp3) is 0.138. The molecule has 3 aromatic carbocycles. The third-order valence-corrected chi connectivity index (χ3v) is 6.98. The predicted molar refractivity (Wildman–Crippen MR) is 136 cm³/mol. The van der Waals surface area contributed by atoms with Crippen LogP contribution >= 0.6 is 11.3 Å². The Morgan fingerprint density at radius 2 is 1.56 bits per heavy atom. The average Bonchev–Trinajstić information content (AvgIpc) is 3.44. The summed E-state index contributed by atoms with van der Waals surface area (Å²) in [7, 11) is 0. The number of fused-ring (bicyclic) bond motifs is 3. The molecule has 0 fully saturated rings. The lowest BCUT2D eigenvalue weighted by molar-refractivity contribution is 0.596. The number of nitrogens with zero attached hydrogens (tertiary/aromatic N) is 1. The van der Waals surface area contributed by atoms with E-state index in [2.05, 4.69) is 86.8 Å². The van der Waals surface area contributed by atoms with Crippen LogP contribution in [0.4, 0.5) is 0 Å². The standard InChI is InChI=1S/C29H23NOS/c1-29(2,3)25-15-19(14-18-8-4-5-9-20(18)25)26-16-23(22-12-13-32-28(22)30-26)24-17-31-27-11-7-6-10-21(24)27/h4-17H,1-3H3. The second-order valence-electron chi connectivity index (χ2n) is 9.33. The molecule has 156 valence electrons. The Bertz CT molecular complexity index is 1610. The zero-order valence-corrected chi connectivity index (χ0v) is 19.2. The Kier molecular flexibility index (Phi) is 4.24. The van der Waals surface area contributed by atoms with Crippen molar-refractivity contribution in [1.29, 1.82) is 0 Å². The first-order chi connectivity index (χ1) is 15.5. The first-order valence-corrected chi connectivity index (χ1v) is 11.8. The third-order valence-electron chi connectivity index (χ3n) is 6.17. The van der Waals surface area contributed by atoms with Gasteiger partial charge in [0.2, 0.25) is 0 Å². The van der Waals surface area contributed by atoms with Gasteiger partial charge in [-0.05, 0) is 63.0 Å². The molecule has 2 nitrogen and oxygen atoms in total.